The minimum atomic E-state index is -2.17. The van der Waals surface area contributed by atoms with Gasteiger partial charge in [0.1, 0.15) is 19.0 Å². The Morgan fingerprint density at radius 2 is 1.47 bits per heavy atom. The van der Waals surface area contributed by atoms with E-state index in [0.717, 1.165) is 28.7 Å². The van der Waals surface area contributed by atoms with E-state index in [-0.39, 0.29) is 29.8 Å². The molecule has 2 N–H and O–H groups in total. The molecular weight excluding hydrogens is 605 g/mol. The molecule has 0 aliphatic heterocycles. The molecule has 0 saturated heterocycles. The van der Waals surface area contributed by atoms with Crippen molar-refractivity contribution >= 4 is 26.4 Å². The van der Waals surface area contributed by atoms with Gasteiger partial charge >= 0.3 is 5.97 Å². The molecule has 7 nitrogen and oxygen atoms in total. The van der Waals surface area contributed by atoms with Crippen LogP contribution < -0.4 is 15.4 Å². The Balaban J connectivity index is 1.46. The quantitative estimate of drug-likeness (QED) is 0.0718. The summed E-state index contributed by atoms with van der Waals surface area (Å²) in [6, 6.07) is 33.2. The maximum Gasteiger partial charge on any atom is 0.338 e. The Hall–Kier alpha value is -4.24. The first-order valence-electron chi connectivity index (χ1n) is 16.2. The zero-order chi connectivity index (χ0) is 33.9. The van der Waals surface area contributed by atoms with Gasteiger partial charge < -0.3 is 24.5 Å². The number of benzene rings is 4. The summed E-state index contributed by atoms with van der Waals surface area (Å²) in [5.41, 5.74) is 5.12. The first kappa shape index (κ1) is 35.6. The zero-order valence-electron chi connectivity index (χ0n) is 28.4. The normalized spacial score (nSPS) is 13.0. The summed E-state index contributed by atoms with van der Waals surface area (Å²) in [4.78, 5) is 24.3. The van der Waals surface area contributed by atoms with Crippen LogP contribution in [0.15, 0.2) is 103 Å². The van der Waals surface area contributed by atoms with Gasteiger partial charge in [0.2, 0.25) is 6.41 Å². The van der Waals surface area contributed by atoms with Gasteiger partial charge in [-0.25, -0.2) is 4.79 Å². The summed E-state index contributed by atoms with van der Waals surface area (Å²) in [7, 11) is -2.17. The van der Waals surface area contributed by atoms with Crippen molar-refractivity contribution in [3.63, 3.8) is 0 Å². The molecule has 0 unspecified atom stereocenters. The lowest BCUT2D eigenvalue weighted by molar-refractivity contribution is -0.105. The van der Waals surface area contributed by atoms with Crippen molar-refractivity contribution < 1.29 is 23.5 Å². The highest BCUT2D eigenvalue weighted by molar-refractivity contribution is 6.74. The van der Waals surface area contributed by atoms with Gasteiger partial charge in [0.05, 0.1) is 17.4 Å². The Morgan fingerprint density at radius 1 is 0.830 bits per heavy atom. The third-order valence-electron chi connectivity index (χ3n) is 8.64. The van der Waals surface area contributed by atoms with Gasteiger partial charge in [-0.2, -0.15) is 0 Å². The van der Waals surface area contributed by atoms with Crippen molar-refractivity contribution in [1.82, 2.24) is 5.32 Å². The summed E-state index contributed by atoms with van der Waals surface area (Å²) >= 11 is 0. The molecule has 2 atom stereocenters. The number of hydrogen-bond donors (Lipinski definition) is 2. The third kappa shape index (κ3) is 10.6. The predicted molar refractivity (Wildman–Crippen MR) is 191 cm³/mol. The van der Waals surface area contributed by atoms with Crippen molar-refractivity contribution in [3.05, 3.63) is 131 Å². The van der Waals surface area contributed by atoms with Crippen LogP contribution in [-0.2, 0) is 33.6 Å². The fourth-order valence-electron chi connectivity index (χ4n) is 4.91. The van der Waals surface area contributed by atoms with Crippen LogP contribution in [-0.4, -0.2) is 33.3 Å². The van der Waals surface area contributed by atoms with E-state index in [1.807, 2.05) is 97.1 Å². The average Bonchev–Trinajstić information content (AvgIpc) is 3.05. The van der Waals surface area contributed by atoms with Crippen molar-refractivity contribution in [2.45, 2.75) is 77.6 Å². The van der Waals surface area contributed by atoms with Crippen LogP contribution >= 0.6 is 0 Å². The number of carbonyl (C=O) groups excluding carboxylic acids is 2. The zero-order valence-corrected chi connectivity index (χ0v) is 29.4. The number of ether oxygens (including phenoxy) is 2. The molecule has 248 valence electrons. The van der Waals surface area contributed by atoms with Gasteiger partial charge in [-0.3, -0.25) is 4.79 Å². The van der Waals surface area contributed by atoms with Gasteiger partial charge in [-0.1, -0.05) is 99.6 Å². The lowest BCUT2D eigenvalue weighted by Gasteiger charge is -2.40. The van der Waals surface area contributed by atoms with Gasteiger partial charge in [0.25, 0.3) is 0 Å². The number of amides is 1. The Bertz CT molecular complexity index is 1590. The molecule has 0 bridgehead atoms. The molecule has 4 aromatic carbocycles. The fourth-order valence-corrected chi connectivity index (χ4v) is 6.20. The lowest BCUT2D eigenvalue weighted by atomic mass is 10.0. The van der Waals surface area contributed by atoms with Gasteiger partial charge in [-0.15, -0.1) is 0 Å². The van der Waals surface area contributed by atoms with Crippen molar-refractivity contribution in [3.8, 4) is 5.75 Å². The number of anilines is 1. The summed E-state index contributed by atoms with van der Waals surface area (Å²) < 4.78 is 18.6. The Kier molecular flexibility index (Phi) is 12.5. The summed E-state index contributed by atoms with van der Waals surface area (Å²) in [5.74, 6) is 0.259. The molecule has 0 heterocycles. The van der Waals surface area contributed by atoms with Crippen LogP contribution in [0.5, 0.6) is 5.75 Å². The minimum Gasteiger partial charge on any atom is -0.487 e. The highest BCUT2D eigenvalue weighted by Gasteiger charge is 2.39. The summed E-state index contributed by atoms with van der Waals surface area (Å²) in [6.45, 7) is 14.5. The maximum absolute atomic E-state index is 12.8. The molecule has 8 heteroatoms. The SMILES string of the molecule is C[C@H](Cc1cccc(C(=O)OCc2ccccc2)c1)NC[C@H](O[Si](C)(C)C(C)(C)C)c1ccc(OCc2ccccc2)c(NC=O)c1. The monoisotopic (exact) mass is 652 g/mol. The minimum absolute atomic E-state index is 0.00897. The van der Waals surface area contributed by atoms with E-state index in [1.54, 1.807) is 6.07 Å². The van der Waals surface area contributed by atoms with Crippen LogP contribution in [0.2, 0.25) is 18.1 Å². The van der Waals surface area contributed by atoms with E-state index in [0.29, 0.717) is 36.6 Å². The Labute approximate surface area is 280 Å². The summed E-state index contributed by atoms with van der Waals surface area (Å²) in [5, 5.41) is 6.50. The number of rotatable bonds is 16. The van der Waals surface area contributed by atoms with Crippen LogP contribution in [0.25, 0.3) is 0 Å². The van der Waals surface area contributed by atoms with Crippen LogP contribution in [0.1, 0.15) is 66.4 Å². The van der Waals surface area contributed by atoms with Crippen molar-refractivity contribution in [1.29, 1.82) is 0 Å². The number of carbonyl (C=O) groups is 2. The third-order valence-corrected chi connectivity index (χ3v) is 13.1. The van der Waals surface area contributed by atoms with E-state index >= 15 is 0 Å². The van der Waals surface area contributed by atoms with Gasteiger partial charge in [-0.05, 0) is 78.0 Å². The molecule has 1 amide bonds. The first-order valence-corrected chi connectivity index (χ1v) is 19.1. The van der Waals surface area contributed by atoms with E-state index in [2.05, 4.69) is 51.4 Å². The van der Waals surface area contributed by atoms with E-state index in [4.69, 9.17) is 13.9 Å². The second kappa shape index (κ2) is 16.5. The number of esters is 1. The summed E-state index contributed by atoms with van der Waals surface area (Å²) in [6.07, 6.45) is 1.13. The van der Waals surface area contributed by atoms with Gasteiger partial charge in [0.15, 0.2) is 8.32 Å². The van der Waals surface area contributed by atoms with Gasteiger partial charge in [0, 0.05) is 12.6 Å². The Morgan fingerprint density at radius 3 is 2.11 bits per heavy atom. The smallest absolute Gasteiger partial charge is 0.338 e. The highest BCUT2D eigenvalue weighted by Crippen LogP contribution is 2.40. The molecule has 0 saturated carbocycles. The van der Waals surface area contributed by atoms with Crippen molar-refractivity contribution in [2.75, 3.05) is 11.9 Å². The van der Waals surface area contributed by atoms with Crippen molar-refractivity contribution in [2.24, 2.45) is 0 Å². The number of hydrogen-bond acceptors (Lipinski definition) is 6. The van der Waals surface area contributed by atoms with E-state index < -0.39 is 8.32 Å². The molecule has 0 aliphatic carbocycles. The second-order valence-corrected chi connectivity index (χ2v) is 18.2. The molecule has 0 aliphatic rings. The molecular formula is C39H48N2O5Si. The van der Waals surface area contributed by atoms with E-state index in [1.165, 1.54) is 0 Å². The van der Waals surface area contributed by atoms with Crippen LogP contribution in [0.3, 0.4) is 0 Å². The average molecular weight is 653 g/mol. The fraction of sp³-hybridized carbons (Fsp3) is 0.333. The first-order chi connectivity index (χ1) is 22.4. The number of nitrogens with one attached hydrogen (secondary N) is 2. The topological polar surface area (TPSA) is 85.9 Å². The standard InChI is InChI=1S/C39H48N2O5Si/c1-29(22-32-18-13-19-34(23-32)38(43)45-27-31-16-11-8-12-17-31)40-25-37(46-47(5,6)39(2,3)4)33-20-21-36(35(24-33)41-28-42)44-26-30-14-9-7-10-15-30/h7-21,23-24,28-29,37,40H,22,25-27H2,1-6H3,(H,41,42)/t29-,37+/m1/s1. The predicted octanol–water partition coefficient (Wildman–Crippen LogP) is 8.47. The molecule has 0 spiro atoms. The second-order valence-electron chi connectivity index (χ2n) is 13.4. The molecule has 0 fully saturated rings. The molecule has 0 radical (unpaired) electrons. The maximum atomic E-state index is 12.8. The van der Waals surface area contributed by atoms with Crippen LogP contribution in [0.4, 0.5) is 5.69 Å². The van der Waals surface area contributed by atoms with Crippen LogP contribution in [0, 0.1) is 0 Å². The largest absolute Gasteiger partial charge is 0.487 e. The molecule has 47 heavy (non-hydrogen) atoms. The highest BCUT2D eigenvalue weighted by atomic mass is 28.4. The molecule has 4 aromatic rings. The lowest BCUT2D eigenvalue weighted by Crippen LogP contribution is -2.44. The molecule has 0 aromatic heterocycles. The van der Waals surface area contributed by atoms with E-state index in [9.17, 15) is 9.59 Å². The molecule has 4 rings (SSSR count).